The minimum Gasteiger partial charge on any atom is -0.300 e. The fraction of sp³-hybridized carbons (Fsp3) is 0.600. The topological polar surface area (TPSA) is 44.0 Å². The first-order valence-corrected chi connectivity index (χ1v) is 5.00. The van der Waals surface area contributed by atoms with Crippen molar-refractivity contribution in [3.63, 3.8) is 0 Å². The molecule has 1 aromatic heterocycles. The summed E-state index contributed by atoms with van der Waals surface area (Å²) in [4.78, 5) is 23.0. The van der Waals surface area contributed by atoms with E-state index in [1.165, 1.54) is 4.57 Å². The second kappa shape index (κ2) is 3.44. The van der Waals surface area contributed by atoms with Gasteiger partial charge in [-0.1, -0.05) is 0 Å². The van der Waals surface area contributed by atoms with Gasteiger partial charge in [-0.05, 0) is 19.8 Å². The van der Waals surface area contributed by atoms with Crippen LogP contribution in [0.15, 0.2) is 17.2 Å². The van der Waals surface area contributed by atoms with Gasteiger partial charge in [0, 0.05) is 24.9 Å². The third-order valence-corrected chi connectivity index (χ3v) is 2.62. The van der Waals surface area contributed by atoms with E-state index >= 15 is 0 Å². The van der Waals surface area contributed by atoms with Crippen LogP contribution in [0.2, 0.25) is 0 Å². The second-order valence-corrected chi connectivity index (χ2v) is 3.74. The van der Waals surface area contributed by atoms with E-state index in [4.69, 9.17) is 0 Å². The largest absolute Gasteiger partial charge is 0.328 e. The van der Waals surface area contributed by atoms with Gasteiger partial charge in [0.2, 0.25) is 0 Å². The van der Waals surface area contributed by atoms with E-state index in [9.17, 15) is 9.59 Å². The normalized spacial score (nSPS) is 15.8. The number of carbonyl (C=O) groups excluding carboxylic acids is 1. The van der Waals surface area contributed by atoms with Crippen LogP contribution in [0.25, 0.3) is 0 Å². The summed E-state index contributed by atoms with van der Waals surface area (Å²) in [5.74, 6) is 0.424. The molecule has 0 saturated heterocycles. The molecular formula is C10H14N2O2. The van der Waals surface area contributed by atoms with Crippen LogP contribution in [0, 0.1) is 5.92 Å². The van der Waals surface area contributed by atoms with Gasteiger partial charge in [-0.2, -0.15) is 0 Å². The molecule has 2 rings (SSSR count). The molecule has 0 radical (unpaired) electrons. The second-order valence-electron chi connectivity index (χ2n) is 3.74. The lowest BCUT2D eigenvalue weighted by molar-refractivity contribution is -0.120. The molecule has 0 bridgehead atoms. The maximum Gasteiger partial charge on any atom is 0.328 e. The Hall–Kier alpha value is -1.32. The standard InChI is InChI=1S/C10H14N2O2/c1-2-11-5-6-12(10(11)14)7-9(13)8-3-4-8/h5-6,8H,2-4,7H2,1H3. The Morgan fingerprint density at radius 3 is 2.57 bits per heavy atom. The molecule has 14 heavy (non-hydrogen) atoms. The lowest BCUT2D eigenvalue weighted by Crippen LogP contribution is -2.26. The van der Waals surface area contributed by atoms with Crippen molar-refractivity contribution in [3.05, 3.63) is 22.9 Å². The molecule has 1 aliphatic carbocycles. The van der Waals surface area contributed by atoms with E-state index in [1.807, 2.05) is 6.92 Å². The highest BCUT2D eigenvalue weighted by molar-refractivity contribution is 5.82. The summed E-state index contributed by atoms with van der Waals surface area (Å²) < 4.78 is 3.09. The number of Topliss-reactive ketones (excluding diaryl/α,β-unsaturated/α-hetero) is 1. The number of ketones is 1. The van der Waals surface area contributed by atoms with Gasteiger partial charge in [-0.15, -0.1) is 0 Å². The van der Waals surface area contributed by atoms with E-state index in [0.717, 1.165) is 12.8 Å². The van der Waals surface area contributed by atoms with Gasteiger partial charge in [0.1, 0.15) is 0 Å². The Kier molecular flexibility index (Phi) is 2.27. The molecule has 0 N–H and O–H groups in total. The van der Waals surface area contributed by atoms with Crippen molar-refractivity contribution in [2.24, 2.45) is 5.92 Å². The number of hydrogen-bond donors (Lipinski definition) is 0. The minimum atomic E-state index is -0.0819. The Balaban J connectivity index is 2.12. The van der Waals surface area contributed by atoms with Crippen molar-refractivity contribution in [1.29, 1.82) is 0 Å². The molecule has 1 aromatic rings. The van der Waals surface area contributed by atoms with Crippen molar-refractivity contribution < 1.29 is 4.79 Å². The number of imidazole rings is 1. The van der Waals surface area contributed by atoms with Crippen LogP contribution >= 0.6 is 0 Å². The van der Waals surface area contributed by atoms with Crippen LogP contribution in [0.4, 0.5) is 0 Å². The molecule has 0 unspecified atom stereocenters. The third kappa shape index (κ3) is 1.64. The highest BCUT2D eigenvalue weighted by atomic mass is 16.2. The zero-order chi connectivity index (χ0) is 10.1. The molecule has 1 saturated carbocycles. The molecule has 0 aromatic carbocycles. The fourth-order valence-electron chi connectivity index (χ4n) is 1.52. The number of nitrogens with zero attached hydrogens (tertiary/aromatic N) is 2. The predicted octanol–water partition coefficient (Wildman–Crippen LogP) is 0.649. The minimum absolute atomic E-state index is 0.0819. The monoisotopic (exact) mass is 194 g/mol. The lowest BCUT2D eigenvalue weighted by Gasteiger charge is -1.98. The van der Waals surface area contributed by atoms with Crippen molar-refractivity contribution in [2.75, 3.05) is 0 Å². The van der Waals surface area contributed by atoms with E-state index in [0.29, 0.717) is 6.54 Å². The van der Waals surface area contributed by atoms with Crippen LogP contribution in [-0.2, 0) is 17.9 Å². The summed E-state index contributed by atoms with van der Waals surface area (Å²) in [6.45, 7) is 2.81. The number of carbonyl (C=O) groups is 1. The molecule has 1 fully saturated rings. The summed E-state index contributed by atoms with van der Waals surface area (Å²) in [6.07, 6.45) is 5.42. The first kappa shape index (κ1) is 9.24. The average molecular weight is 194 g/mol. The first-order valence-electron chi connectivity index (χ1n) is 5.00. The zero-order valence-electron chi connectivity index (χ0n) is 8.27. The third-order valence-electron chi connectivity index (χ3n) is 2.62. The molecule has 0 amide bonds. The Morgan fingerprint density at radius 1 is 1.43 bits per heavy atom. The highest BCUT2D eigenvalue weighted by Gasteiger charge is 2.29. The SMILES string of the molecule is CCn1ccn(CC(=O)C2CC2)c1=O. The fourth-order valence-corrected chi connectivity index (χ4v) is 1.52. The van der Waals surface area contributed by atoms with Crippen molar-refractivity contribution in [2.45, 2.75) is 32.9 Å². The molecule has 0 aliphatic heterocycles. The number of hydrogen-bond acceptors (Lipinski definition) is 2. The molecule has 0 atom stereocenters. The molecular weight excluding hydrogens is 180 g/mol. The van der Waals surface area contributed by atoms with Crippen LogP contribution in [0.3, 0.4) is 0 Å². The predicted molar refractivity (Wildman–Crippen MR) is 52.1 cm³/mol. The summed E-state index contributed by atoms with van der Waals surface area (Å²) in [6, 6.07) is 0. The van der Waals surface area contributed by atoms with Gasteiger partial charge < -0.3 is 0 Å². The molecule has 4 nitrogen and oxygen atoms in total. The van der Waals surface area contributed by atoms with Gasteiger partial charge in [0.25, 0.3) is 0 Å². The molecule has 4 heteroatoms. The Morgan fingerprint density at radius 2 is 2.07 bits per heavy atom. The van der Waals surface area contributed by atoms with E-state index in [-0.39, 0.29) is 23.9 Å². The van der Waals surface area contributed by atoms with Crippen molar-refractivity contribution in [3.8, 4) is 0 Å². The summed E-state index contributed by atoms with van der Waals surface area (Å²) in [5.41, 5.74) is -0.0819. The maximum atomic E-state index is 11.6. The molecule has 0 spiro atoms. The highest BCUT2D eigenvalue weighted by Crippen LogP contribution is 2.29. The number of aromatic nitrogens is 2. The number of rotatable bonds is 4. The van der Waals surface area contributed by atoms with Crippen molar-refractivity contribution in [1.82, 2.24) is 9.13 Å². The van der Waals surface area contributed by atoms with Crippen LogP contribution in [0.1, 0.15) is 19.8 Å². The van der Waals surface area contributed by atoms with Crippen LogP contribution in [0.5, 0.6) is 0 Å². The van der Waals surface area contributed by atoms with E-state index < -0.39 is 0 Å². The smallest absolute Gasteiger partial charge is 0.300 e. The summed E-state index contributed by atoms with van der Waals surface area (Å²) in [5, 5.41) is 0. The van der Waals surface area contributed by atoms with Crippen LogP contribution < -0.4 is 5.69 Å². The summed E-state index contributed by atoms with van der Waals surface area (Å²) in [7, 11) is 0. The molecule has 1 aliphatic rings. The van der Waals surface area contributed by atoms with Gasteiger partial charge in [0.15, 0.2) is 5.78 Å². The average Bonchev–Trinajstić information content (AvgIpc) is 2.95. The van der Waals surface area contributed by atoms with Gasteiger partial charge in [0.05, 0.1) is 6.54 Å². The van der Waals surface area contributed by atoms with E-state index in [2.05, 4.69) is 0 Å². The van der Waals surface area contributed by atoms with Crippen molar-refractivity contribution >= 4 is 5.78 Å². The lowest BCUT2D eigenvalue weighted by atomic mass is 10.3. The summed E-state index contributed by atoms with van der Waals surface area (Å²) >= 11 is 0. The van der Waals surface area contributed by atoms with Crippen LogP contribution in [-0.4, -0.2) is 14.9 Å². The van der Waals surface area contributed by atoms with Gasteiger partial charge in [-0.25, -0.2) is 4.79 Å². The quantitative estimate of drug-likeness (QED) is 0.706. The first-order chi connectivity index (χ1) is 6.72. The number of aryl methyl sites for hydroxylation is 1. The zero-order valence-corrected chi connectivity index (χ0v) is 8.27. The molecule has 1 heterocycles. The molecule has 76 valence electrons. The van der Waals surface area contributed by atoms with Gasteiger partial charge >= 0.3 is 5.69 Å². The van der Waals surface area contributed by atoms with Gasteiger partial charge in [-0.3, -0.25) is 13.9 Å². The Labute approximate surface area is 82.2 Å². The Bertz CT molecular complexity index is 398. The maximum absolute atomic E-state index is 11.6. The van der Waals surface area contributed by atoms with E-state index in [1.54, 1.807) is 17.0 Å².